The molecule has 1 atom stereocenters. The molecule has 3 aromatic carbocycles. The van der Waals surface area contributed by atoms with Crippen molar-refractivity contribution in [2.75, 3.05) is 0 Å². The Bertz CT molecular complexity index is 1160. The Kier molecular flexibility index (Phi) is 6.48. The van der Waals surface area contributed by atoms with Crippen molar-refractivity contribution in [1.29, 1.82) is 0 Å². The first-order valence-electron chi connectivity index (χ1n) is 9.95. The monoisotopic (exact) mass is 431 g/mol. The van der Waals surface area contributed by atoms with Crippen LogP contribution in [0.3, 0.4) is 0 Å². The van der Waals surface area contributed by atoms with E-state index in [1.165, 1.54) is 17.8 Å². The van der Waals surface area contributed by atoms with Crippen molar-refractivity contribution in [2.45, 2.75) is 23.6 Å². The van der Waals surface area contributed by atoms with Crippen LogP contribution in [0, 0.1) is 12.7 Å². The number of aromatic nitrogens is 2. The molecule has 0 aliphatic heterocycles. The molecule has 0 bridgehead atoms. The maximum atomic E-state index is 14.7. The average molecular weight is 432 g/mol. The van der Waals surface area contributed by atoms with Crippen molar-refractivity contribution in [1.82, 2.24) is 14.9 Å². The summed E-state index contributed by atoms with van der Waals surface area (Å²) in [5.74, 6) is 0.240. The molecule has 6 heteroatoms. The third-order valence-corrected chi connectivity index (χ3v) is 6.17. The molecule has 0 aliphatic carbocycles. The third-order valence-electron chi connectivity index (χ3n) is 4.90. The zero-order valence-electron chi connectivity index (χ0n) is 17.0. The molecule has 4 rings (SSSR count). The van der Waals surface area contributed by atoms with Gasteiger partial charge in [0.1, 0.15) is 16.9 Å². The molecular weight excluding hydrogens is 409 g/mol. The standard InChI is InChI=1S/C25H22FN3OS/c1-18-27-14-15-29(18)23-13-12-19(16-22(23)26)17-28-25(30)24(20-8-4-2-5-9-20)31-21-10-6-3-7-11-21/h2-16,24H,17H2,1H3,(H,28,30). The highest BCUT2D eigenvalue weighted by atomic mass is 32.2. The van der Waals surface area contributed by atoms with Crippen molar-refractivity contribution >= 4 is 17.7 Å². The molecule has 0 spiro atoms. The number of carbonyl (C=O) groups is 1. The molecule has 4 nitrogen and oxygen atoms in total. The maximum Gasteiger partial charge on any atom is 0.238 e. The van der Waals surface area contributed by atoms with Crippen LogP contribution in [0.15, 0.2) is 96.2 Å². The SMILES string of the molecule is Cc1nccn1-c1ccc(CNC(=O)C(Sc2ccccc2)c2ccccc2)cc1F. The van der Waals surface area contributed by atoms with E-state index in [9.17, 15) is 9.18 Å². The van der Waals surface area contributed by atoms with Gasteiger partial charge in [-0.25, -0.2) is 9.37 Å². The number of nitrogens with zero attached hydrogens (tertiary/aromatic N) is 2. The molecule has 1 unspecified atom stereocenters. The van der Waals surface area contributed by atoms with Crippen molar-refractivity contribution in [3.05, 3.63) is 114 Å². The minimum atomic E-state index is -0.402. The zero-order valence-corrected chi connectivity index (χ0v) is 17.9. The predicted molar refractivity (Wildman–Crippen MR) is 122 cm³/mol. The number of nitrogens with one attached hydrogen (secondary N) is 1. The summed E-state index contributed by atoms with van der Waals surface area (Å²) in [6, 6.07) is 24.5. The summed E-state index contributed by atoms with van der Waals surface area (Å²) in [5, 5.41) is 2.56. The molecule has 0 radical (unpaired) electrons. The van der Waals surface area contributed by atoms with E-state index in [-0.39, 0.29) is 18.3 Å². The van der Waals surface area contributed by atoms with Crippen molar-refractivity contribution in [3.63, 3.8) is 0 Å². The highest BCUT2D eigenvalue weighted by Crippen LogP contribution is 2.35. The van der Waals surface area contributed by atoms with E-state index in [0.717, 1.165) is 10.5 Å². The molecule has 156 valence electrons. The first-order valence-corrected chi connectivity index (χ1v) is 10.8. The molecule has 1 amide bonds. The van der Waals surface area contributed by atoms with Gasteiger partial charge in [-0.1, -0.05) is 54.6 Å². The number of benzene rings is 3. The van der Waals surface area contributed by atoms with E-state index in [0.29, 0.717) is 17.1 Å². The summed E-state index contributed by atoms with van der Waals surface area (Å²) < 4.78 is 16.4. The Morgan fingerprint density at radius 3 is 2.42 bits per heavy atom. The van der Waals surface area contributed by atoms with Crippen molar-refractivity contribution in [3.8, 4) is 5.69 Å². The number of imidazole rings is 1. The molecule has 31 heavy (non-hydrogen) atoms. The van der Waals surface area contributed by atoms with Crippen LogP contribution < -0.4 is 5.32 Å². The smallest absolute Gasteiger partial charge is 0.238 e. The van der Waals surface area contributed by atoms with Gasteiger partial charge in [0.25, 0.3) is 0 Å². The largest absolute Gasteiger partial charge is 0.351 e. The fourth-order valence-electron chi connectivity index (χ4n) is 3.31. The van der Waals surface area contributed by atoms with Crippen LogP contribution >= 0.6 is 11.8 Å². The molecule has 1 aromatic heterocycles. The van der Waals surface area contributed by atoms with Gasteiger partial charge in [-0.2, -0.15) is 0 Å². The molecular formula is C25H22FN3OS. The Morgan fingerprint density at radius 1 is 1.06 bits per heavy atom. The normalized spacial score (nSPS) is 11.8. The van der Waals surface area contributed by atoms with Crippen LogP contribution in [-0.4, -0.2) is 15.5 Å². The molecule has 0 fully saturated rings. The molecule has 0 saturated heterocycles. The van der Waals surface area contributed by atoms with E-state index in [1.807, 2.05) is 73.7 Å². The van der Waals surface area contributed by atoms with Crippen LogP contribution in [0.25, 0.3) is 5.69 Å². The van der Waals surface area contributed by atoms with Gasteiger partial charge in [-0.05, 0) is 42.3 Å². The van der Waals surface area contributed by atoms with Crippen molar-refractivity contribution < 1.29 is 9.18 Å². The summed E-state index contributed by atoms with van der Waals surface area (Å²) in [5.41, 5.74) is 2.06. The van der Waals surface area contributed by atoms with Gasteiger partial charge in [-0.3, -0.25) is 4.79 Å². The number of aryl methyl sites for hydroxylation is 1. The predicted octanol–water partition coefficient (Wildman–Crippen LogP) is 5.47. The summed E-state index contributed by atoms with van der Waals surface area (Å²) in [4.78, 5) is 18.2. The van der Waals surface area contributed by atoms with Gasteiger partial charge in [0.2, 0.25) is 5.91 Å². The van der Waals surface area contributed by atoms with Crippen LogP contribution in [0.1, 0.15) is 22.2 Å². The van der Waals surface area contributed by atoms with Gasteiger partial charge in [0.15, 0.2) is 0 Å². The number of rotatable bonds is 7. The lowest BCUT2D eigenvalue weighted by atomic mass is 10.1. The van der Waals surface area contributed by atoms with Gasteiger partial charge in [0, 0.05) is 23.8 Å². The van der Waals surface area contributed by atoms with Crippen LogP contribution in [0.5, 0.6) is 0 Å². The Morgan fingerprint density at radius 2 is 1.77 bits per heavy atom. The number of halogens is 1. The minimum Gasteiger partial charge on any atom is -0.351 e. The zero-order chi connectivity index (χ0) is 21.6. The number of amides is 1. The molecule has 1 heterocycles. The fourth-order valence-corrected chi connectivity index (χ4v) is 4.38. The second-order valence-electron chi connectivity index (χ2n) is 7.07. The first kappa shape index (κ1) is 20.9. The van der Waals surface area contributed by atoms with E-state index >= 15 is 0 Å². The molecule has 1 N–H and O–H groups in total. The lowest BCUT2D eigenvalue weighted by Gasteiger charge is -2.17. The number of hydrogen-bond acceptors (Lipinski definition) is 3. The second kappa shape index (κ2) is 9.62. The van der Waals surface area contributed by atoms with E-state index < -0.39 is 5.25 Å². The number of hydrogen-bond donors (Lipinski definition) is 1. The quantitative estimate of drug-likeness (QED) is 0.395. The fraction of sp³-hybridized carbons (Fsp3) is 0.120. The van der Waals surface area contributed by atoms with Crippen molar-refractivity contribution in [2.24, 2.45) is 0 Å². The van der Waals surface area contributed by atoms with Gasteiger partial charge < -0.3 is 9.88 Å². The van der Waals surface area contributed by atoms with Gasteiger partial charge in [-0.15, -0.1) is 11.8 Å². The van der Waals surface area contributed by atoms with E-state index in [1.54, 1.807) is 23.0 Å². The molecule has 4 aromatic rings. The molecule has 0 saturated carbocycles. The third kappa shape index (κ3) is 5.03. The average Bonchev–Trinajstić information content (AvgIpc) is 3.22. The van der Waals surface area contributed by atoms with Gasteiger partial charge >= 0.3 is 0 Å². The van der Waals surface area contributed by atoms with Crippen LogP contribution in [0.2, 0.25) is 0 Å². The summed E-state index contributed by atoms with van der Waals surface area (Å²) in [6.07, 6.45) is 3.36. The Labute approximate surface area is 185 Å². The summed E-state index contributed by atoms with van der Waals surface area (Å²) in [7, 11) is 0. The highest BCUT2D eigenvalue weighted by Gasteiger charge is 2.22. The first-order chi connectivity index (χ1) is 15.1. The minimum absolute atomic E-state index is 0.116. The van der Waals surface area contributed by atoms with E-state index in [2.05, 4.69) is 10.3 Å². The van der Waals surface area contributed by atoms with E-state index in [4.69, 9.17) is 0 Å². The summed E-state index contributed by atoms with van der Waals surface area (Å²) in [6.45, 7) is 2.07. The second-order valence-corrected chi connectivity index (χ2v) is 8.25. The van der Waals surface area contributed by atoms with Crippen LogP contribution in [-0.2, 0) is 11.3 Å². The van der Waals surface area contributed by atoms with Gasteiger partial charge in [0.05, 0.1) is 5.69 Å². The number of thioether (sulfide) groups is 1. The lowest BCUT2D eigenvalue weighted by Crippen LogP contribution is -2.27. The maximum absolute atomic E-state index is 14.7. The number of carbonyl (C=O) groups excluding carboxylic acids is 1. The van der Waals surface area contributed by atoms with Crippen LogP contribution in [0.4, 0.5) is 4.39 Å². The lowest BCUT2D eigenvalue weighted by molar-refractivity contribution is -0.120. The summed E-state index contributed by atoms with van der Waals surface area (Å²) >= 11 is 1.49. The topological polar surface area (TPSA) is 46.9 Å². The highest BCUT2D eigenvalue weighted by molar-refractivity contribution is 8.00. The Balaban J connectivity index is 1.49. The molecule has 0 aliphatic rings. The Hall–Kier alpha value is -3.38.